The average Bonchev–Trinajstić information content (AvgIpc) is 2.63. The van der Waals surface area contributed by atoms with Crippen LogP contribution < -0.4 is 10.2 Å². The fourth-order valence-corrected chi connectivity index (χ4v) is 4.17. The molecule has 5 nitrogen and oxygen atoms in total. The molecule has 4 rings (SSSR count). The predicted molar refractivity (Wildman–Crippen MR) is 93.5 cm³/mol. The van der Waals surface area contributed by atoms with Crippen LogP contribution in [0.4, 0.5) is 0 Å². The van der Waals surface area contributed by atoms with Crippen molar-refractivity contribution in [3.05, 3.63) is 39.2 Å². The molecule has 25 heavy (non-hydrogen) atoms. The zero-order valence-corrected chi connectivity index (χ0v) is 14.2. The fourth-order valence-electron chi connectivity index (χ4n) is 4.17. The van der Waals surface area contributed by atoms with Gasteiger partial charge in [0, 0.05) is 11.6 Å². The second-order valence-corrected chi connectivity index (χ2v) is 7.16. The van der Waals surface area contributed by atoms with Crippen LogP contribution in [-0.4, -0.2) is 17.7 Å². The van der Waals surface area contributed by atoms with Gasteiger partial charge in [-0.2, -0.15) is 0 Å². The van der Waals surface area contributed by atoms with Crippen molar-refractivity contribution in [3.8, 4) is 5.75 Å². The van der Waals surface area contributed by atoms with Crippen molar-refractivity contribution < 1.29 is 19.1 Å². The van der Waals surface area contributed by atoms with Crippen LogP contribution in [0.25, 0.3) is 11.0 Å². The minimum Gasteiger partial charge on any atom is -0.493 e. The van der Waals surface area contributed by atoms with E-state index in [0.717, 1.165) is 55.0 Å². The lowest BCUT2D eigenvalue weighted by molar-refractivity contribution is 0.0663. The van der Waals surface area contributed by atoms with Crippen LogP contribution >= 0.6 is 0 Å². The van der Waals surface area contributed by atoms with Gasteiger partial charge in [-0.25, -0.2) is 4.79 Å². The lowest BCUT2D eigenvalue weighted by Gasteiger charge is -2.26. The summed E-state index contributed by atoms with van der Waals surface area (Å²) in [5.74, 6) is -0.179. The first-order valence-corrected chi connectivity index (χ1v) is 9.12. The molecule has 132 valence electrons. The maximum absolute atomic E-state index is 12.5. The molecule has 1 aliphatic heterocycles. The number of benzene rings is 1. The number of carbonyl (C=O) groups is 1. The molecule has 1 N–H and O–H groups in total. The minimum absolute atomic E-state index is 0.295. The van der Waals surface area contributed by atoms with Gasteiger partial charge in [-0.05, 0) is 36.8 Å². The molecule has 1 aromatic carbocycles. The Morgan fingerprint density at radius 1 is 1.16 bits per heavy atom. The van der Waals surface area contributed by atoms with E-state index in [1.54, 1.807) is 0 Å². The zero-order chi connectivity index (χ0) is 17.4. The molecule has 5 heteroatoms. The Labute approximate surface area is 145 Å². The number of rotatable bonds is 3. The molecule has 1 fully saturated rings. The summed E-state index contributed by atoms with van der Waals surface area (Å²) in [6.45, 7) is 0.652. The highest BCUT2D eigenvalue weighted by molar-refractivity contribution is 5.89. The van der Waals surface area contributed by atoms with Gasteiger partial charge in [-0.3, -0.25) is 4.79 Å². The van der Waals surface area contributed by atoms with Gasteiger partial charge in [0.25, 0.3) is 0 Å². The number of carboxylic acids is 1. The van der Waals surface area contributed by atoms with Crippen LogP contribution in [0.1, 0.15) is 60.2 Å². The quantitative estimate of drug-likeness (QED) is 0.914. The molecule has 0 amide bonds. The van der Waals surface area contributed by atoms with Gasteiger partial charge in [-0.15, -0.1) is 0 Å². The predicted octanol–water partition coefficient (Wildman–Crippen LogP) is 3.94. The van der Waals surface area contributed by atoms with Gasteiger partial charge in [0.2, 0.25) is 5.76 Å². The maximum Gasteiger partial charge on any atom is 0.371 e. The van der Waals surface area contributed by atoms with Crippen molar-refractivity contribution in [1.82, 2.24) is 0 Å². The summed E-state index contributed by atoms with van der Waals surface area (Å²) in [4.78, 5) is 23.8. The van der Waals surface area contributed by atoms with E-state index in [1.165, 1.54) is 19.3 Å². The molecule has 0 bridgehead atoms. The van der Waals surface area contributed by atoms with Crippen molar-refractivity contribution in [2.24, 2.45) is 5.92 Å². The molecule has 1 saturated carbocycles. The van der Waals surface area contributed by atoms with Crippen LogP contribution in [0.2, 0.25) is 0 Å². The van der Waals surface area contributed by atoms with Gasteiger partial charge in [0.05, 0.1) is 12.0 Å². The first-order valence-electron chi connectivity index (χ1n) is 9.12. The second-order valence-electron chi connectivity index (χ2n) is 7.16. The zero-order valence-electron chi connectivity index (χ0n) is 14.2. The van der Waals surface area contributed by atoms with Crippen LogP contribution in [0.15, 0.2) is 21.3 Å². The molecule has 1 aliphatic carbocycles. The van der Waals surface area contributed by atoms with E-state index in [4.69, 9.17) is 9.15 Å². The van der Waals surface area contributed by atoms with E-state index in [9.17, 15) is 14.7 Å². The monoisotopic (exact) mass is 342 g/mol. The molecule has 1 aromatic heterocycles. The van der Waals surface area contributed by atoms with E-state index in [0.29, 0.717) is 23.5 Å². The van der Waals surface area contributed by atoms with Crippen LogP contribution in [0.3, 0.4) is 0 Å². The van der Waals surface area contributed by atoms with Gasteiger partial charge in [-0.1, -0.05) is 32.1 Å². The van der Waals surface area contributed by atoms with E-state index < -0.39 is 5.97 Å². The first kappa shape index (κ1) is 16.2. The molecule has 0 unspecified atom stereocenters. The van der Waals surface area contributed by atoms with Crippen LogP contribution in [0.5, 0.6) is 5.75 Å². The third-order valence-electron chi connectivity index (χ3n) is 5.41. The molecule has 0 radical (unpaired) electrons. The lowest BCUT2D eigenvalue weighted by Crippen LogP contribution is -2.17. The van der Waals surface area contributed by atoms with Crippen molar-refractivity contribution in [2.75, 3.05) is 6.61 Å². The van der Waals surface area contributed by atoms with Gasteiger partial charge in [0.15, 0.2) is 5.43 Å². The molecule has 0 atom stereocenters. The van der Waals surface area contributed by atoms with Crippen LogP contribution in [-0.2, 0) is 12.8 Å². The van der Waals surface area contributed by atoms with Crippen molar-refractivity contribution in [2.45, 2.75) is 51.4 Å². The summed E-state index contributed by atoms with van der Waals surface area (Å²) in [5, 5.41) is 9.73. The average molecular weight is 342 g/mol. The summed E-state index contributed by atoms with van der Waals surface area (Å²) in [7, 11) is 0. The molecule has 0 saturated heterocycles. The molecule has 2 aromatic rings. The Hall–Kier alpha value is -2.30. The van der Waals surface area contributed by atoms with Crippen molar-refractivity contribution in [3.63, 3.8) is 0 Å². The van der Waals surface area contributed by atoms with Crippen LogP contribution in [0, 0.1) is 5.92 Å². The van der Waals surface area contributed by atoms with E-state index in [2.05, 4.69) is 0 Å². The van der Waals surface area contributed by atoms with Gasteiger partial charge < -0.3 is 14.3 Å². The number of aryl methyl sites for hydroxylation is 1. The molecular formula is C20H22O5. The number of ether oxygens (including phenoxy) is 1. The topological polar surface area (TPSA) is 76.7 Å². The van der Waals surface area contributed by atoms with Crippen molar-refractivity contribution in [1.29, 1.82) is 0 Å². The van der Waals surface area contributed by atoms with Gasteiger partial charge in [0.1, 0.15) is 11.3 Å². The fraction of sp³-hybridized carbons (Fsp3) is 0.500. The Balaban J connectivity index is 1.91. The summed E-state index contributed by atoms with van der Waals surface area (Å²) in [5.41, 5.74) is 2.03. The largest absolute Gasteiger partial charge is 0.493 e. The number of hydrogen-bond donors (Lipinski definition) is 1. The first-order chi connectivity index (χ1) is 12.1. The summed E-state index contributed by atoms with van der Waals surface area (Å²) >= 11 is 0. The van der Waals surface area contributed by atoms with E-state index in [1.807, 2.05) is 6.07 Å². The highest BCUT2D eigenvalue weighted by Gasteiger charge is 2.25. The van der Waals surface area contributed by atoms with Crippen molar-refractivity contribution >= 4 is 16.9 Å². The van der Waals surface area contributed by atoms with Gasteiger partial charge >= 0.3 is 5.97 Å². The number of aromatic carboxylic acids is 1. The van der Waals surface area contributed by atoms with E-state index in [-0.39, 0.29) is 11.2 Å². The standard InChI is InChI=1S/C20H22O5/c21-16-11-17(20(22)23)25-19-14(16)10-13-7-4-8-24-18(13)15(19)9-12-5-2-1-3-6-12/h10-12H,1-9H2,(H,22,23). The molecule has 2 heterocycles. The summed E-state index contributed by atoms with van der Waals surface area (Å²) in [6, 6.07) is 2.90. The normalized spacial score (nSPS) is 17.9. The number of fused-ring (bicyclic) bond motifs is 2. The molecular weight excluding hydrogens is 320 g/mol. The Kier molecular flexibility index (Phi) is 4.24. The number of carboxylic acid groups (broad SMARTS) is 1. The third kappa shape index (κ3) is 3.03. The smallest absolute Gasteiger partial charge is 0.371 e. The highest BCUT2D eigenvalue weighted by Crippen LogP contribution is 2.38. The maximum atomic E-state index is 12.5. The lowest BCUT2D eigenvalue weighted by atomic mass is 9.83. The SMILES string of the molecule is O=C(O)c1cc(=O)c2cc3c(c(CC4CCCCC4)c2o1)OCCC3. The third-order valence-corrected chi connectivity index (χ3v) is 5.41. The molecule has 0 spiro atoms. The van der Waals surface area contributed by atoms with E-state index >= 15 is 0 Å². The molecule has 2 aliphatic rings. The second kappa shape index (κ2) is 6.54. The Morgan fingerprint density at radius 2 is 1.96 bits per heavy atom. The summed E-state index contributed by atoms with van der Waals surface area (Å²) in [6.07, 6.45) is 8.64. The minimum atomic E-state index is -1.22. The highest BCUT2D eigenvalue weighted by atomic mass is 16.5. The summed E-state index contributed by atoms with van der Waals surface area (Å²) < 4.78 is 11.6. The number of hydrogen-bond acceptors (Lipinski definition) is 4. The Bertz CT molecular complexity index is 874. The Morgan fingerprint density at radius 3 is 2.72 bits per heavy atom.